The van der Waals surface area contributed by atoms with Gasteiger partial charge in [0.05, 0.1) is 12.2 Å². The summed E-state index contributed by atoms with van der Waals surface area (Å²) in [5.74, 6) is -3.21. The number of carboxylic acid groups (broad SMARTS) is 1. The lowest BCUT2D eigenvalue weighted by atomic mass is 9.92. The number of carboxylic acids is 1. The van der Waals surface area contributed by atoms with Crippen molar-refractivity contribution >= 4 is 23.9 Å². The fourth-order valence-electron chi connectivity index (χ4n) is 3.70. The molecule has 2 aromatic heterocycles. The van der Waals surface area contributed by atoms with Crippen molar-refractivity contribution in [2.75, 3.05) is 6.54 Å². The first-order valence-electron chi connectivity index (χ1n) is 11.4. The minimum atomic E-state index is -1.29. The number of pyridine rings is 1. The molecule has 1 fully saturated rings. The van der Waals surface area contributed by atoms with Gasteiger partial charge in [0.25, 0.3) is 5.91 Å². The Morgan fingerprint density at radius 3 is 2.57 bits per heavy atom. The van der Waals surface area contributed by atoms with Crippen LogP contribution in [0.1, 0.15) is 66.8 Å². The van der Waals surface area contributed by atoms with Crippen LogP contribution in [-0.4, -0.2) is 39.6 Å². The van der Waals surface area contributed by atoms with E-state index in [1.165, 1.54) is 37.3 Å². The van der Waals surface area contributed by atoms with Crippen molar-refractivity contribution in [2.45, 2.75) is 33.0 Å². The summed E-state index contributed by atoms with van der Waals surface area (Å²) >= 11 is 0. The molecule has 1 aliphatic rings. The van der Waals surface area contributed by atoms with Crippen LogP contribution in [-0.2, 0) is 18.0 Å². The maximum absolute atomic E-state index is 13.2. The van der Waals surface area contributed by atoms with Gasteiger partial charge in [-0.15, -0.1) is 0 Å². The maximum atomic E-state index is 13.2. The molecule has 37 heavy (non-hydrogen) atoms. The van der Waals surface area contributed by atoms with E-state index in [1.807, 2.05) is 0 Å². The highest BCUT2D eigenvalue weighted by Gasteiger charge is 2.26. The minimum Gasteiger partial charge on any atom is -0.478 e. The Hall–Kier alpha value is -4.51. The lowest BCUT2D eigenvalue weighted by Gasteiger charge is -2.15. The monoisotopic (exact) mass is 508 g/mol. The van der Waals surface area contributed by atoms with Gasteiger partial charge in [-0.1, -0.05) is 12.7 Å². The normalized spacial score (nSPS) is 12.7. The van der Waals surface area contributed by atoms with Crippen LogP contribution in [0.2, 0.25) is 0 Å². The highest BCUT2D eigenvalue weighted by Crippen LogP contribution is 2.31. The number of aromatic carboxylic acids is 1. The van der Waals surface area contributed by atoms with Crippen LogP contribution in [0.4, 0.5) is 0 Å². The average molecular weight is 508 g/mol. The Morgan fingerprint density at radius 1 is 1.22 bits per heavy atom. The van der Waals surface area contributed by atoms with Crippen LogP contribution in [0.3, 0.4) is 0 Å². The lowest BCUT2D eigenvalue weighted by Crippen LogP contribution is -2.27. The Labute approximate surface area is 210 Å². The summed E-state index contributed by atoms with van der Waals surface area (Å²) in [4.78, 5) is 53.4. The molecule has 192 valence electrons. The predicted molar refractivity (Wildman–Crippen MR) is 129 cm³/mol. The summed E-state index contributed by atoms with van der Waals surface area (Å²) in [6, 6.07) is 5.51. The summed E-state index contributed by atoms with van der Waals surface area (Å²) in [7, 11) is 0. The van der Waals surface area contributed by atoms with Gasteiger partial charge in [0.1, 0.15) is 5.69 Å². The number of nitrogens with zero attached hydrogens (tertiary/aromatic N) is 1. The second kappa shape index (κ2) is 10.6. The van der Waals surface area contributed by atoms with Crippen LogP contribution < -0.4 is 11.1 Å². The summed E-state index contributed by atoms with van der Waals surface area (Å²) < 4.78 is 14.9. The van der Waals surface area contributed by atoms with Crippen molar-refractivity contribution in [2.24, 2.45) is 5.92 Å². The quantitative estimate of drug-likeness (QED) is 0.346. The van der Waals surface area contributed by atoms with E-state index < -0.39 is 36.9 Å². The third-order valence-electron chi connectivity index (χ3n) is 5.93. The van der Waals surface area contributed by atoms with Crippen molar-refractivity contribution in [1.29, 1.82) is 0 Å². The van der Waals surface area contributed by atoms with Gasteiger partial charge in [0, 0.05) is 12.1 Å². The smallest absolute Gasteiger partial charge is 0.478 e. The van der Waals surface area contributed by atoms with E-state index in [2.05, 4.69) is 16.9 Å². The molecule has 1 saturated carbocycles. The number of aromatic nitrogens is 1. The first kappa shape index (κ1) is 25.6. The number of aliphatic hydroxyl groups excluding tert-OH is 1. The highest BCUT2D eigenvalue weighted by molar-refractivity contribution is 6.03. The Morgan fingerprint density at radius 2 is 1.97 bits per heavy atom. The molecule has 1 aliphatic carbocycles. The summed E-state index contributed by atoms with van der Waals surface area (Å²) in [5, 5.41) is 22.4. The molecular weight excluding hydrogens is 484 g/mol. The number of carbonyl (C=O) groups is 3. The molecule has 0 aliphatic heterocycles. The largest absolute Gasteiger partial charge is 0.519 e. The maximum Gasteiger partial charge on any atom is 0.519 e. The molecule has 11 nitrogen and oxygen atoms in total. The highest BCUT2D eigenvalue weighted by atomic mass is 16.6. The molecule has 0 radical (unpaired) electrons. The van der Waals surface area contributed by atoms with Crippen molar-refractivity contribution < 1.29 is 38.2 Å². The standard InChI is InChI=1S/C26H24N2O9/c1-3-15-8-19(24(31)32)18(9-16(15)11-29)17-6-7-20(23(30)27-10-14-4-5-14)28-22(17)25(33)35-12-21-13(2)36-26(34)37-21/h3,6-9,14,29H,1,4-5,10-12H2,2H3,(H,27,30)(H,31,32). The minimum absolute atomic E-state index is 0.0117. The molecule has 3 aromatic rings. The SMILES string of the molecule is C=Cc1cc(C(=O)O)c(-c2ccc(C(=O)NCC3CC3)nc2C(=O)OCc2oc(=O)oc2C)cc1CO. The molecule has 11 heteroatoms. The van der Waals surface area contributed by atoms with Gasteiger partial charge in [-0.3, -0.25) is 4.79 Å². The number of ether oxygens (including phenoxy) is 1. The van der Waals surface area contributed by atoms with Gasteiger partial charge < -0.3 is 29.1 Å². The first-order valence-corrected chi connectivity index (χ1v) is 11.4. The molecule has 0 saturated heterocycles. The van der Waals surface area contributed by atoms with Crippen LogP contribution in [0.5, 0.6) is 0 Å². The van der Waals surface area contributed by atoms with Gasteiger partial charge in [-0.25, -0.2) is 19.4 Å². The summed E-state index contributed by atoms with van der Waals surface area (Å²) in [6.07, 6.45) is 3.46. The van der Waals surface area contributed by atoms with Crippen molar-refractivity contribution in [3.8, 4) is 11.1 Å². The number of aryl methyl sites for hydroxylation is 1. The lowest BCUT2D eigenvalue weighted by molar-refractivity contribution is 0.0436. The number of rotatable bonds is 10. The fraction of sp³-hybridized carbons (Fsp3) is 0.269. The number of nitrogens with one attached hydrogen (secondary N) is 1. The first-order chi connectivity index (χ1) is 17.7. The van der Waals surface area contributed by atoms with Crippen LogP contribution in [0.15, 0.2) is 44.5 Å². The third-order valence-corrected chi connectivity index (χ3v) is 5.93. The fourth-order valence-corrected chi connectivity index (χ4v) is 3.70. The van der Waals surface area contributed by atoms with E-state index in [0.29, 0.717) is 23.6 Å². The summed E-state index contributed by atoms with van der Waals surface area (Å²) in [6.45, 7) is 4.70. The molecule has 1 aromatic carbocycles. The molecule has 3 N–H and O–H groups in total. The number of carbonyl (C=O) groups excluding carboxylic acids is 2. The molecule has 0 spiro atoms. The zero-order chi connectivity index (χ0) is 26.7. The molecule has 4 rings (SSSR count). The van der Waals surface area contributed by atoms with E-state index in [9.17, 15) is 29.4 Å². The number of benzene rings is 1. The van der Waals surface area contributed by atoms with Crippen LogP contribution >= 0.6 is 0 Å². The van der Waals surface area contributed by atoms with Gasteiger partial charge >= 0.3 is 17.8 Å². The van der Waals surface area contributed by atoms with E-state index in [1.54, 1.807) is 0 Å². The molecule has 0 atom stereocenters. The second-order valence-corrected chi connectivity index (χ2v) is 8.52. The topological polar surface area (TPSA) is 169 Å². The number of amides is 1. The summed E-state index contributed by atoms with van der Waals surface area (Å²) in [5.41, 5.74) is 0.350. The van der Waals surface area contributed by atoms with Gasteiger partial charge in [-0.05, 0) is 66.6 Å². The van der Waals surface area contributed by atoms with Crippen molar-refractivity contribution in [3.63, 3.8) is 0 Å². The second-order valence-electron chi connectivity index (χ2n) is 8.52. The zero-order valence-electron chi connectivity index (χ0n) is 19.9. The van der Waals surface area contributed by atoms with E-state index >= 15 is 0 Å². The van der Waals surface area contributed by atoms with Crippen molar-refractivity contribution in [1.82, 2.24) is 10.3 Å². The third kappa shape index (κ3) is 5.67. The average Bonchev–Trinajstić information content (AvgIpc) is 3.66. The van der Waals surface area contributed by atoms with E-state index in [0.717, 1.165) is 12.8 Å². The number of hydrogen-bond donors (Lipinski definition) is 3. The zero-order valence-corrected chi connectivity index (χ0v) is 19.9. The molecular formula is C26H24N2O9. The van der Waals surface area contributed by atoms with Gasteiger partial charge in [-0.2, -0.15) is 0 Å². The van der Waals surface area contributed by atoms with Crippen LogP contribution in [0, 0.1) is 12.8 Å². The molecule has 0 bridgehead atoms. The Bertz CT molecular complexity index is 1450. The number of aliphatic hydroxyl groups is 1. The molecule has 2 heterocycles. The van der Waals surface area contributed by atoms with E-state index in [-0.39, 0.29) is 39.6 Å². The van der Waals surface area contributed by atoms with Gasteiger partial charge in [0.2, 0.25) is 0 Å². The number of hydrogen-bond acceptors (Lipinski definition) is 9. The molecule has 0 unspecified atom stereocenters. The van der Waals surface area contributed by atoms with E-state index in [4.69, 9.17) is 13.6 Å². The predicted octanol–water partition coefficient (Wildman–Crippen LogP) is 2.93. The Kier molecular flexibility index (Phi) is 7.35. The molecule has 1 amide bonds. The van der Waals surface area contributed by atoms with Crippen molar-refractivity contribution in [3.05, 3.63) is 81.1 Å². The van der Waals surface area contributed by atoms with Crippen LogP contribution in [0.25, 0.3) is 17.2 Å². The number of esters is 1. The Balaban J connectivity index is 1.77. The van der Waals surface area contributed by atoms with Gasteiger partial charge in [0.15, 0.2) is 23.8 Å².